The topological polar surface area (TPSA) is 54.3 Å². The van der Waals surface area contributed by atoms with Crippen molar-refractivity contribution >= 4 is 34.8 Å². The first-order chi connectivity index (χ1) is 14.4. The number of hydrogen-bond donors (Lipinski definition) is 1. The fraction of sp³-hybridized carbons (Fsp3) is 0.304. The second-order valence-corrected chi connectivity index (χ2v) is 8.85. The Hall–Kier alpha value is -2.57. The summed E-state index contributed by atoms with van der Waals surface area (Å²) < 4.78 is 2.11. The summed E-state index contributed by atoms with van der Waals surface area (Å²) in [6, 6.07) is 11.6. The monoisotopic (exact) mass is 441 g/mol. The highest BCUT2D eigenvalue weighted by Gasteiger charge is 2.26. The average Bonchev–Trinajstić information content (AvgIpc) is 3.39. The molecule has 2 aromatic heterocycles. The van der Waals surface area contributed by atoms with Crippen LogP contribution in [-0.2, 0) is 0 Å². The van der Waals surface area contributed by atoms with Crippen molar-refractivity contribution in [2.24, 2.45) is 0 Å². The molecule has 1 aromatic carbocycles. The smallest absolute Gasteiger partial charge is 0.255 e. The number of rotatable bonds is 4. The number of hydrogen-bond acceptors (Lipinski definition) is 3. The number of aromatic nitrogens is 1. The molecule has 30 heavy (non-hydrogen) atoms. The van der Waals surface area contributed by atoms with Gasteiger partial charge in [0.15, 0.2) is 0 Å². The summed E-state index contributed by atoms with van der Waals surface area (Å²) in [4.78, 5) is 27.3. The normalized spacial score (nSPS) is 14.7. The Labute approximate surface area is 185 Å². The van der Waals surface area contributed by atoms with E-state index in [0.29, 0.717) is 29.2 Å². The van der Waals surface area contributed by atoms with Crippen LogP contribution in [0, 0.1) is 13.8 Å². The van der Waals surface area contributed by atoms with E-state index in [9.17, 15) is 9.59 Å². The summed E-state index contributed by atoms with van der Waals surface area (Å²) in [6.45, 7) is 5.27. The molecular weight excluding hydrogens is 418 g/mol. The summed E-state index contributed by atoms with van der Waals surface area (Å²) >= 11 is 7.90. The van der Waals surface area contributed by atoms with Gasteiger partial charge in [-0.15, -0.1) is 0 Å². The van der Waals surface area contributed by atoms with Crippen LogP contribution in [-0.4, -0.2) is 40.4 Å². The number of nitrogens with one attached hydrogen (secondary N) is 1. The van der Waals surface area contributed by atoms with Crippen molar-refractivity contribution in [2.45, 2.75) is 32.7 Å². The number of carbonyl (C=O) groups excluding carboxylic acids is 2. The van der Waals surface area contributed by atoms with Crippen LogP contribution < -0.4 is 5.32 Å². The van der Waals surface area contributed by atoms with Crippen LogP contribution in [0.4, 0.5) is 0 Å². The Morgan fingerprint density at radius 3 is 2.40 bits per heavy atom. The molecule has 3 aromatic rings. The Morgan fingerprint density at radius 2 is 1.77 bits per heavy atom. The van der Waals surface area contributed by atoms with E-state index in [1.807, 2.05) is 47.7 Å². The van der Waals surface area contributed by atoms with Gasteiger partial charge >= 0.3 is 0 Å². The van der Waals surface area contributed by atoms with Gasteiger partial charge in [-0.3, -0.25) is 9.59 Å². The molecule has 3 heterocycles. The highest BCUT2D eigenvalue weighted by atomic mass is 35.5. The summed E-state index contributed by atoms with van der Waals surface area (Å²) in [6.07, 6.45) is 1.46. The predicted molar refractivity (Wildman–Crippen MR) is 121 cm³/mol. The van der Waals surface area contributed by atoms with Crippen LogP contribution in [0.5, 0.6) is 0 Å². The lowest BCUT2D eigenvalue weighted by atomic mass is 10.0. The number of thiophene rings is 1. The lowest BCUT2D eigenvalue weighted by molar-refractivity contribution is 0.0698. The lowest BCUT2D eigenvalue weighted by Gasteiger charge is -2.32. The van der Waals surface area contributed by atoms with Gasteiger partial charge in [0.1, 0.15) is 0 Å². The first-order valence-electron chi connectivity index (χ1n) is 10.0. The van der Waals surface area contributed by atoms with Crippen LogP contribution >= 0.6 is 22.9 Å². The van der Waals surface area contributed by atoms with Gasteiger partial charge in [-0.2, -0.15) is 11.3 Å². The first-order valence-corrected chi connectivity index (χ1v) is 11.3. The number of nitrogens with zero attached hydrogens (tertiary/aromatic N) is 2. The molecule has 0 radical (unpaired) electrons. The molecule has 7 heteroatoms. The van der Waals surface area contributed by atoms with E-state index >= 15 is 0 Å². The fourth-order valence-corrected chi connectivity index (χ4v) is 4.79. The minimum Gasteiger partial charge on any atom is -0.349 e. The third-order valence-corrected chi connectivity index (χ3v) is 6.62. The predicted octanol–water partition coefficient (Wildman–Crippen LogP) is 4.84. The Kier molecular flexibility index (Phi) is 5.97. The highest BCUT2D eigenvalue weighted by molar-refractivity contribution is 7.08. The van der Waals surface area contributed by atoms with Gasteiger partial charge in [0.25, 0.3) is 11.8 Å². The van der Waals surface area contributed by atoms with Crippen molar-refractivity contribution in [1.29, 1.82) is 0 Å². The molecule has 1 fully saturated rings. The van der Waals surface area contributed by atoms with E-state index in [1.54, 1.807) is 6.07 Å². The van der Waals surface area contributed by atoms with Crippen LogP contribution in [0.1, 0.15) is 44.9 Å². The van der Waals surface area contributed by atoms with Gasteiger partial charge in [-0.1, -0.05) is 11.6 Å². The third kappa shape index (κ3) is 4.16. The number of piperidine rings is 1. The van der Waals surface area contributed by atoms with Crippen molar-refractivity contribution in [2.75, 3.05) is 13.1 Å². The zero-order valence-corrected chi connectivity index (χ0v) is 18.6. The van der Waals surface area contributed by atoms with Gasteiger partial charge < -0.3 is 14.8 Å². The van der Waals surface area contributed by atoms with E-state index in [0.717, 1.165) is 29.9 Å². The molecule has 1 N–H and O–H groups in total. The minimum atomic E-state index is -0.0630. The van der Waals surface area contributed by atoms with E-state index in [4.69, 9.17) is 11.6 Å². The van der Waals surface area contributed by atoms with Crippen molar-refractivity contribution in [3.63, 3.8) is 0 Å². The number of benzene rings is 1. The molecular formula is C23H24ClN3O2S. The second-order valence-electron chi connectivity index (χ2n) is 7.67. The molecule has 5 nitrogen and oxygen atoms in total. The third-order valence-electron chi connectivity index (χ3n) is 5.61. The molecule has 4 rings (SSSR count). The summed E-state index contributed by atoms with van der Waals surface area (Å²) in [5.41, 5.74) is 4.35. The van der Waals surface area contributed by atoms with Gasteiger partial charge in [-0.05, 0) is 68.5 Å². The Balaban J connectivity index is 1.44. The van der Waals surface area contributed by atoms with Gasteiger partial charge in [0.05, 0.1) is 10.6 Å². The van der Waals surface area contributed by atoms with Crippen molar-refractivity contribution in [3.05, 3.63) is 74.7 Å². The molecule has 0 atom stereocenters. The Bertz CT molecular complexity index is 1050. The average molecular weight is 442 g/mol. The van der Waals surface area contributed by atoms with E-state index in [-0.39, 0.29) is 17.9 Å². The molecule has 0 unspecified atom stereocenters. The van der Waals surface area contributed by atoms with Crippen molar-refractivity contribution < 1.29 is 9.59 Å². The summed E-state index contributed by atoms with van der Waals surface area (Å²) in [5, 5.41) is 7.27. The quantitative estimate of drug-likeness (QED) is 0.629. The Morgan fingerprint density at radius 1 is 1.07 bits per heavy atom. The van der Waals surface area contributed by atoms with Gasteiger partial charge in [-0.25, -0.2) is 0 Å². The largest absolute Gasteiger partial charge is 0.349 e. The van der Waals surface area contributed by atoms with Crippen LogP contribution in [0.15, 0.2) is 47.2 Å². The maximum Gasteiger partial charge on any atom is 0.255 e. The van der Waals surface area contributed by atoms with Crippen molar-refractivity contribution in [3.8, 4) is 5.69 Å². The van der Waals surface area contributed by atoms with Gasteiger partial charge in [0, 0.05) is 47.2 Å². The maximum atomic E-state index is 13.2. The molecule has 0 aliphatic carbocycles. The SMILES string of the molecule is Cc1ccc(C)n1-c1ccc(Cl)c(C(=O)N2CCC(NC(=O)c3ccsc3)CC2)c1. The lowest BCUT2D eigenvalue weighted by Crippen LogP contribution is -2.46. The standard InChI is InChI=1S/C23H24ClN3O2S/c1-15-3-4-16(2)27(15)19-5-6-21(24)20(13-19)23(29)26-10-7-18(8-11-26)25-22(28)17-9-12-30-14-17/h3-6,9,12-14,18H,7-8,10-11H2,1-2H3,(H,25,28). The van der Waals surface area contributed by atoms with Crippen LogP contribution in [0.3, 0.4) is 0 Å². The van der Waals surface area contributed by atoms with E-state index < -0.39 is 0 Å². The number of carbonyl (C=O) groups is 2. The van der Waals surface area contributed by atoms with Gasteiger partial charge in [0.2, 0.25) is 0 Å². The molecule has 0 bridgehead atoms. The molecule has 1 saturated heterocycles. The second kappa shape index (κ2) is 8.66. The van der Waals surface area contributed by atoms with E-state index in [2.05, 4.69) is 22.0 Å². The molecule has 1 aliphatic rings. The van der Waals surface area contributed by atoms with E-state index in [1.165, 1.54) is 11.3 Å². The molecule has 0 spiro atoms. The number of halogens is 1. The zero-order valence-electron chi connectivity index (χ0n) is 17.0. The highest BCUT2D eigenvalue weighted by Crippen LogP contribution is 2.25. The molecule has 0 saturated carbocycles. The summed E-state index contributed by atoms with van der Waals surface area (Å²) in [7, 11) is 0. The van der Waals surface area contributed by atoms with Crippen LogP contribution in [0.2, 0.25) is 5.02 Å². The molecule has 2 amide bonds. The maximum absolute atomic E-state index is 13.2. The molecule has 1 aliphatic heterocycles. The van der Waals surface area contributed by atoms with Crippen LogP contribution in [0.25, 0.3) is 5.69 Å². The minimum absolute atomic E-state index is 0.0470. The number of aryl methyl sites for hydroxylation is 2. The molecule has 156 valence electrons. The first kappa shape index (κ1) is 20.7. The van der Waals surface area contributed by atoms with Crippen molar-refractivity contribution in [1.82, 2.24) is 14.8 Å². The summed E-state index contributed by atoms with van der Waals surface area (Å²) in [5.74, 6) is -0.110. The zero-order chi connectivity index (χ0) is 21.3. The fourth-order valence-electron chi connectivity index (χ4n) is 3.95. The number of amides is 2. The number of likely N-dealkylation sites (tertiary alicyclic amines) is 1.